The van der Waals surface area contributed by atoms with Gasteiger partial charge in [-0.2, -0.15) is 0 Å². The summed E-state index contributed by atoms with van der Waals surface area (Å²) in [5.74, 6) is -1.06. The van der Waals surface area contributed by atoms with Crippen molar-refractivity contribution < 1.29 is 14.4 Å². The second kappa shape index (κ2) is 13.0. The van der Waals surface area contributed by atoms with Crippen molar-refractivity contribution in [1.82, 2.24) is 15.3 Å². The number of rotatable bonds is 9. The first kappa shape index (κ1) is 26.3. The molecule has 0 radical (unpaired) electrons. The van der Waals surface area contributed by atoms with Crippen molar-refractivity contribution in [1.29, 1.82) is 0 Å². The smallest absolute Gasteiger partial charge is 0.272 e. The standard InChI is InChI=1S/C29H25N5O3S/c1-20(27(35)32-23-12-15-30-16-13-23)38-25-11-5-10-24(18-25)33-29(37)26(17-21-7-6-14-31-19-21)34-28(36)22-8-3-2-4-9-22/h2-20H,1H3,(H,33,37)(H,34,36)(H,30,32,35)/b26-17-. The van der Waals surface area contributed by atoms with E-state index in [1.807, 2.05) is 12.1 Å². The van der Waals surface area contributed by atoms with E-state index >= 15 is 0 Å². The van der Waals surface area contributed by atoms with Crippen LogP contribution in [0.4, 0.5) is 11.4 Å². The fraction of sp³-hybridized carbons (Fsp3) is 0.0690. The normalized spacial score (nSPS) is 11.8. The van der Waals surface area contributed by atoms with Gasteiger partial charge in [0.2, 0.25) is 5.91 Å². The molecule has 190 valence electrons. The first-order valence-corrected chi connectivity index (χ1v) is 12.6. The van der Waals surface area contributed by atoms with Crippen molar-refractivity contribution in [3.63, 3.8) is 0 Å². The summed E-state index contributed by atoms with van der Waals surface area (Å²) in [7, 11) is 0. The maximum Gasteiger partial charge on any atom is 0.272 e. The summed E-state index contributed by atoms with van der Waals surface area (Å²) in [6, 6.07) is 22.8. The van der Waals surface area contributed by atoms with Crippen LogP contribution in [-0.4, -0.2) is 32.9 Å². The summed E-state index contributed by atoms with van der Waals surface area (Å²) in [4.78, 5) is 47.4. The van der Waals surface area contributed by atoms with Gasteiger partial charge in [0.25, 0.3) is 11.8 Å². The third-order valence-electron chi connectivity index (χ3n) is 5.25. The number of nitrogens with zero attached hydrogens (tertiary/aromatic N) is 2. The first-order valence-electron chi connectivity index (χ1n) is 11.7. The van der Waals surface area contributed by atoms with Gasteiger partial charge in [0.1, 0.15) is 5.70 Å². The zero-order valence-electron chi connectivity index (χ0n) is 20.5. The average molecular weight is 524 g/mol. The number of hydrogen-bond donors (Lipinski definition) is 3. The molecule has 38 heavy (non-hydrogen) atoms. The molecule has 3 amide bonds. The molecule has 1 atom stereocenters. The Balaban J connectivity index is 1.46. The molecule has 9 heteroatoms. The molecule has 4 aromatic rings. The van der Waals surface area contributed by atoms with Crippen LogP contribution in [0.5, 0.6) is 0 Å². The molecule has 0 aliphatic carbocycles. The fourth-order valence-corrected chi connectivity index (χ4v) is 4.28. The van der Waals surface area contributed by atoms with Gasteiger partial charge in [-0.25, -0.2) is 0 Å². The van der Waals surface area contributed by atoms with E-state index in [2.05, 4.69) is 25.9 Å². The number of carbonyl (C=O) groups excluding carboxylic acids is 3. The third kappa shape index (κ3) is 7.62. The van der Waals surface area contributed by atoms with E-state index in [0.717, 1.165) is 4.90 Å². The molecule has 4 rings (SSSR count). The zero-order chi connectivity index (χ0) is 26.7. The van der Waals surface area contributed by atoms with Gasteiger partial charge in [-0.15, -0.1) is 11.8 Å². The number of carbonyl (C=O) groups is 3. The number of hydrogen-bond acceptors (Lipinski definition) is 6. The Morgan fingerprint density at radius 3 is 2.34 bits per heavy atom. The monoisotopic (exact) mass is 523 g/mol. The van der Waals surface area contributed by atoms with Crippen molar-refractivity contribution in [3.8, 4) is 0 Å². The molecule has 8 nitrogen and oxygen atoms in total. The summed E-state index contributed by atoms with van der Waals surface area (Å²) >= 11 is 1.36. The van der Waals surface area contributed by atoms with Crippen LogP contribution in [0.15, 0.2) is 114 Å². The van der Waals surface area contributed by atoms with E-state index in [9.17, 15) is 14.4 Å². The minimum absolute atomic E-state index is 0.0648. The number of anilines is 2. The van der Waals surface area contributed by atoms with Crippen LogP contribution in [0.2, 0.25) is 0 Å². The predicted molar refractivity (Wildman–Crippen MR) is 149 cm³/mol. The molecule has 0 aliphatic rings. The lowest BCUT2D eigenvalue weighted by Crippen LogP contribution is -2.30. The highest BCUT2D eigenvalue weighted by atomic mass is 32.2. The number of nitrogens with one attached hydrogen (secondary N) is 3. The van der Waals surface area contributed by atoms with Crippen LogP contribution in [-0.2, 0) is 9.59 Å². The van der Waals surface area contributed by atoms with E-state index in [-0.39, 0.29) is 16.9 Å². The Hall–Kier alpha value is -4.76. The first-order chi connectivity index (χ1) is 18.5. The van der Waals surface area contributed by atoms with Gasteiger partial charge in [-0.05, 0) is 67.1 Å². The third-order valence-corrected chi connectivity index (χ3v) is 6.34. The minimum atomic E-state index is -0.497. The Morgan fingerprint density at radius 1 is 0.816 bits per heavy atom. The summed E-state index contributed by atoms with van der Waals surface area (Å²) in [6.45, 7) is 1.81. The van der Waals surface area contributed by atoms with Crippen LogP contribution >= 0.6 is 11.8 Å². The lowest BCUT2D eigenvalue weighted by atomic mass is 10.2. The quantitative estimate of drug-likeness (QED) is 0.210. The molecular formula is C29H25N5O3S. The zero-order valence-corrected chi connectivity index (χ0v) is 21.3. The van der Waals surface area contributed by atoms with Crippen molar-refractivity contribution in [2.75, 3.05) is 10.6 Å². The molecule has 0 saturated heterocycles. The van der Waals surface area contributed by atoms with Gasteiger partial charge in [0.05, 0.1) is 5.25 Å². The summed E-state index contributed by atoms with van der Waals surface area (Å²) in [5.41, 5.74) is 2.34. The number of amides is 3. The highest BCUT2D eigenvalue weighted by Gasteiger charge is 2.17. The van der Waals surface area contributed by atoms with Crippen molar-refractivity contribution in [2.24, 2.45) is 0 Å². The molecule has 2 heterocycles. The molecule has 0 spiro atoms. The molecular weight excluding hydrogens is 498 g/mol. The number of aromatic nitrogens is 2. The van der Waals surface area contributed by atoms with E-state index in [4.69, 9.17) is 0 Å². The van der Waals surface area contributed by atoms with Crippen molar-refractivity contribution >= 4 is 46.9 Å². The summed E-state index contributed by atoms with van der Waals surface area (Å²) < 4.78 is 0. The van der Waals surface area contributed by atoms with E-state index in [1.165, 1.54) is 11.8 Å². The number of benzene rings is 2. The van der Waals surface area contributed by atoms with Crippen molar-refractivity contribution in [2.45, 2.75) is 17.1 Å². The topological polar surface area (TPSA) is 113 Å². The lowest BCUT2D eigenvalue weighted by molar-refractivity contribution is -0.115. The van der Waals surface area contributed by atoms with Gasteiger partial charge >= 0.3 is 0 Å². The maximum atomic E-state index is 13.2. The summed E-state index contributed by atoms with van der Waals surface area (Å²) in [5, 5.41) is 8.01. The van der Waals surface area contributed by atoms with Gasteiger partial charge in [-0.3, -0.25) is 24.4 Å². The molecule has 0 fully saturated rings. The van der Waals surface area contributed by atoms with Gasteiger partial charge in [0, 0.05) is 46.6 Å². The lowest BCUT2D eigenvalue weighted by Gasteiger charge is -2.14. The van der Waals surface area contributed by atoms with Gasteiger partial charge in [-0.1, -0.05) is 30.3 Å². The molecule has 0 aliphatic heterocycles. The van der Waals surface area contributed by atoms with E-state index < -0.39 is 11.8 Å². The number of pyridine rings is 2. The van der Waals surface area contributed by atoms with Crippen LogP contribution in [0.25, 0.3) is 6.08 Å². The largest absolute Gasteiger partial charge is 0.325 e. The molecule has 2 aromatic heterocycles. The average Bonchev–Trinajstić information content (AvgIpc) is 2.94. The second-order valence-corrected chi connectivity index (χ2v) is 9.55. The maximum absolute atomic E-state index is 13.2. The Bertz CT molecular complexity index is 1430. The Kier molecular flexibility index (Phi) is 8.98. The van der Waals surface area contributed by atoms with Crippen molar-refractivity contribution in [3.05, 3.63) is 120 Å². The highest BCUT2D eigenvalue weighted by molar-refractivity contribution is 8.00. The summed E-state index contributed by atoms with van der Waals surface area (Å²) in [6.07, 6.45) is 8.00. The molecule has 3 N–H and O–H groups in total. The molecule has 1 unspecified atom stereocenters. The molecule has 0 saturated carbocycles. The van der Waals surface area contributed by atoms with Crippen LogP contribution in [0, 0.1) is 0 Å². The number of thioether (sulfide) groups is 1. The Labute approximate surface area is 224 Å². The van der Waals surface area contributed by atoms with Crippen LogP contribution in [0.3, 0.4) is 0 Å². The highest BCUT2D eigenvalue weighted by Crippen LogP contribution is 2.27. The predicted octanol–water partition coefficient (Wildman–Crippen LogP) is 5.01. The SMILES string of the molecule is CC(Sc1cccc(NC(=O)/C(=C/c2cccnc2)NC(=O)c2ccccc2)c1)C(=O)Nc1ccncc1. The minimum Gasteiger partial charge on any atom is -0.325 e. The molecule has 2 aromatic carbocycles. The van der Waals surface area contributed by atoms with E-state index in [0.29, 0.717) is 22.5 Å². The van der Waals surface area contributed by atoms with Gasteiger partial charge < -0.3 is 16.0 Å². The van der Waals surface area contributed by atoms with Crippen LogP contribution in [0.1, 0.15) is 22.8 Å². The van der Waals surface area contributed by atoms with Crippen LogP contribution < -0.4 is 16.0 Å². The van der Waals surface area contributed by atoms with Gasteiger partial charge in [0.15, 0.2) is 0 Å². The van der Waals surface area contributed by atoms with E-state index in [1.54, 1.807) is 105 Å². The second-order valence-electron chi connectivity index (χ2n) is 8.13. The fourth-order valence-electron chi connectivity index (χ4n) is 3.35. The Morgan fingerprint density at radius 2 is 1.61 bits per heavy atom. The molecule has 0 bridgehead atoms.